The van der Waals surface area contributed by atoms with E-state index in [1.165, 1.54) is 17.5 Å². The third-order valence-corrected chi connectivity index (χ3v) is 2.29. The number of rotatable bonds is 5. The van der Waals surface area contributed by atoms with Crippen LogP contribution in [0.4, 0.5) is 0 Å². The lowest BCUT2D eigenvalue weighted by Gasteiger charge is -2.08. The van der Waals surface area contributed by atoms with E-state index in [4.69, 9.17) is 4.74 Å². The number of unbranched alkanes of at least 4 members (excludes halogenated alkanes) is 1. The van der Waals surface area contributed by atoms with Crippen LogP contribution in [0.2, 0.25) is 0 Å². The Kier molecular flexibility index (Phi) is 4.51. The van der Waals surface area contributed by atoms with Gasteiger partial charge in [0, 0.05) is 0 Å². The first kappa shape index (κ1) is 11.1. The van der Waals surface area contributed by atoms with Crippen molar-refractivity contribution in [1.29, 1.82) is 0 Å². The molecule has 14 heavy (non-hydrogen) atoms. The van der Waals surface area contributed by atoms with E-state index in [1.54, 1.807) is 0 Å². The zero-order valence-electron chi connectivity index (χ0n) is 9.47. The summed E-state index contributed by atoms with van der Waals surface area (Å²) in [6, 6.07) is 6.46. The quantitative estimate of drug-likeness (QED) is 0.646. The van der Waals surface area contributed by atoms with Crippen molar-refractivity contribution >= 4 is 0 Å². The molecule has 0 aliphatic rings. The Labute approximate surface area is 87.1 Å². The lowest BCUT2D eigenvalue weighted by atomic mass is 10.1. The summed E-state index contributed by atoms with van der Waals surface area (Å²) in [6.07, 6.45) is 3.40. The molecule has 1 aromatic rings. The van der Waals surface area contributed by atoms with Crippen LogP contribution < -0.4 is 4.74 Å². The van der Waals surface area contributed by atoms with Gasteiger partial charge in [-0.05, 0) is 43.0 Å². The summed E-state index contributed by atoms with van der Waals surface area (Å²) in [4.78, 5) is 0. The van der Waals surface area contributed by atoms with Gasteiger partial charge in [-0.2, -0.15) is 0 Å². The van der Waals surface area contributed by atoms with Crippen LogP contribution in [0.5, 0.6) is 5.75 Å². The first-order valence-electron chi connectivity index (χ1n) is 5.49. The fourth-order valence-corrected chi connectivity index (χ4v) is 1.45. The van der Waals surface area contributed by atoms with Crippen molar-refractivity contribution in [2.45, 2.75) is 40.0 Å². The minimum Gasteiger partial charge on any atom is -0.494 e. The highest BCUT2D eigenvalue weighted by molar-refractivity contribution is 5.33. The molecule has 0 unspecified atom stereocenters. The highest BCUT2D eigenvalue weighted by Crippen LogP contribution is 2.17. The molecule has 0 N–H and O–H groups in total. The van der Waals surface area contributed by atoms with Gasteiger partial charge >= 0.3 is 0 Å². The van der Waals surface area contributed by atoms with Crippen LogP contribution in [0.15, 0.2) is 18.2 Å². The number of hydrogen-bond acceptors (Lipinski definition) is 1. The van der Waals surface area contributed by atoms with E-state index in [9.17, 15) is 0 Å². The number of aryl methyl sites for hydroxylation is 2. The average molecular weight is 192 g/mol. The van der Waals surface area contributed by atoms with Crippen molar-refractivity contribution < 1.29 is 4.74 Å². The fraction of sp³-hybridized carbons (Fsp3) is 0.538. The van der Waals surface area contributed by atoms with Crippen LogP contribution in [0.25, 0.3) is 0 Å². The molecule has 1 rings (SSSR count). The van der Waals surface area contributed by atoms with Crippen LogP contribution in [0.1, 0.15) is 37.8 Å². The topological polar surface area (TPSA) is 9.23 Å². The minimum absolute atomic E-state index is 0.836. The average Bonchev–Trinajstić information content (AvgIpc) is 2.17. The normalized spacial score (nSPS) is 10.2. The zero-order chi connectivity index (χ0) is 10.4. The van der Waals surface area contributed by atoms with Gasteiger partial charge in [0.05, 0.1) is 6.61 Å². The van der Waals surface area contributed by atoms with Crippen LogP contribution in [0, 0.1) is 6.92 Å². The van der Waals surface area contributed by atoms with Crippen LogP contribution in [0.3, 0.4) is 0 Å². The molecule has 0 radical (unpaired) electrons. The van der Waals surface area contributed by atoms with Gasteiger partial charge < -0.3 is 4.74 Å². The fourth-order valence-electron chi connectivity index (χ4n) is 1.45. The van der Waals surface area contributed by atoms with Gasteiger partial charge in [0.2, 0.25) is 0 Å². The monoisotopic (exact) mass is 192 g/mol. The molecule has 0 bridgehead atoms. The van der Waals surface area contributed by atoms with Gasteiger partial charge in [-0.1, -0.05) is 26.3 Å². The Hall–Kier alpha value is -0.980. The maximum Gasteiger partial charge on any atom is 0.119 e. The molecule has 0 aliphatic carbocycles. The molecule has 0 aliphatic heterocycles. The summed E-state index contributed by atoms with van der Waals surface area (Å²) in [5.41, 5.74) is 2.65. The standard InChI is InChI=1S/C13H20O/c1-4-6-7-14-13-9-11(3)8-12(5-2)10-13/h8-10H,4-7H2,1-3H3. The van der Waals surface area contributed by atoms with E-state index in [0.29, 0.717) is 0 Å². The van der Waals surface area contributed by atoms with E-state index in [2.05, 4.69) is 39.0 Å². The van der Waals surface area contributed by atoms with Crippen molar-refractivity contribution in [3.63, 3.8) is 0 Å². The number of ether oxygens (including phenoxy) is 1. The van der Waals surface area contributed by atoms with E-state index >= 15 is 0 Å². The predicted octanol–water partition coefficient (Wildman–Crippen LogP) is 3.74. The summed E-state index contributed by atoms with van der Waals surface area (Å²) < 4.78 is 5.67. The maximum atomic E-state index is 5.67. The number of benzene rings is 1. The molecule has 1 aromatic carbocycles. The summed E-state index contributed by atoms with van der Waals surface area (Å²) >= 11 is 0. The van der Waals surface area contributed by atoms with Crippen molar-refractivity contribution in [3.05, 3.63) is 29.3 Å². The van der Waals surface area contributed by atoms with Gasteiger partial charge in [0.15, 0.2) is 0 Å². The minimum atomic E-state index is 0.836. The lowest BCUT2D eigenvalue weighted by molar-refractivity contribution is 0.309. The second kappa shape index (κ2) is 5.69. The Morgan fingerprint density at radius 1 is 1.14 bits per heavy atom. The van der Waals surface area contributed by atoms with Crippen molar-refractivity contribution in [3.8, 4) is 5.75 Å². The third kappa shape index (κ3) is 3.41. The van der Waals surface area contributed by atoms with E-state index in [1.807, 2.05) is 0 Å². The highest BCUT2D eigenvalue weighted by atomic mass is 16.5. The van der Waals surface area contributed by atoms with E-state index in [0.717, 1.165) is 25.2 Å². The van der Waals surface area contributed by atoms with Gasteiger partial charge in [-0.3, -0.25) is 0 Å². The lowest BCUT2D eigenvalue weighted by Crippen LogP contribution is -1.97. The molecule has 0 aromatic heterocycles. The molecule has 0 saturated heterocycles. The van der Waals surface area contributed by atoms with Gasteiger partial charge in [-0.25, -0.2) is 0 Å². The molecule has 0 atom stereocenters. The van der Waals surface area contributed by atoms with E-state index < -0.39 is 0 Å². The number of hydrogen-bond donors (Lipinski definition) is 0. The second-order valence-electron chi connectivity index (χ2n) is 3.71. The Balaban J connectivity index is 2.62. The van der Waals surface area contributed by atoms with E-state index in [-0.39, 0.29) is 0 Å². The first-order valence-corrected chi connectivity index (χ1v) is 5.49. The molecule has 78 valence electrons. The molecule has 0 spiro atoms. The molecule has 1 nitrogen and oxygen atoms in total. The molecule has 0 amide bonds. The maximum absolute atomic E-state index is 5.67. The Bertz CT molecular complexity index is 279. The van der Waals surface area contributed by atoms with Crippen molar-refractivity contribution in [1.82, 2.24) is 0 Å². The Morgan fingerprint density at radius 2 is 1.93 bits per heavy atom. The van der Waals surface area contributed by atoms with Crippen molar-refractivity contribution in [2.24, 2.45) is 0 Å². The van der Waals surface area contributed by atoms with Gasteiger partial charge in [-0.15, -0.1) is 0 Å². The Morgan fingerprint density at radius 3 is 2.57 bits per heavy atom. The van der Waals surface area contributed by atoms with Gasteiger partial charge in [0.25, 0.3) is 0 Å². The summed E-state index contributed by atoms with van der Waals surface area (Å²) in [7, 11) is 0. The molecule has 1 heteroatoms. The molecular weight excluding hydrogens is 172 g/mol. The smallest absolute Gasteiger partial charge is 0.119 e. The first-order chi connectivity index (χ1) is 6.76. The summed E-state index contributed by atoms with van der Waals surface area (Å²) in [5, 5.41) is 0. The largest absolute Gasteiger partial charge is 0.494 e. The zero-order valence-corrected chi connectivity index (χ0v) is 9.47. The second-order valence-corrected chi connectivity index (χ2v) is 3.71. The third-order valence-electron chi connectivity index (χ3n) is 2.29. The van der Waals surface area contributed by atoms with Crippen LogP contribution >= 0.6 is 0 Å². The summed E-state index contributed by atoms with van der Waals surface area (Å²) in [6.45, 7) is 7.30. The van der Waals surface area contributed by atoms with Crippen LogP contribution in [-0.2, 0) is 6.42 Å². The SMILES string of the molecule is CCCCOc1cc(C)cc(CC)c1. The van der Waals surface area contributed by atoms with Crippen LogP contribution in [-0.4, -0.2) is 6.61 Å². The van der Waals surface area contributed by atoms with Crippen molar-refractivity contribution in [2.75, 3.05) is 6.61 Å². The molecular formula is C13H20O. The highest BCUT2D eigenvalue weighted by Gasteiger charge is 1.97. The predicted molar refractivity (Wildman–Crippen MR) is 61.0 cm³/mol. The summed E-state index contributed by atoms with van der Waals surface area (Å²) in [5.74, 6) is 1.02. The molecule has 0 saturated carbocycles. The van der Waals surface area contributed by atoms with Gasteiger partial charge in [0.1, 0.15) is 5.75 Å². The molecule has 0 fully saturated rings. The molecule has 0 heterocycles.